The lowest BCUT2D eigenvalue weighted by molar-refractivity contribution is 0.744. The Bertz CT molecular complexity index is 302. The molecule has 0 saturated carbocycles. The highest BCUT2D eigenvalue weighted by atomic mass is 14.8. The number of rotatable bonds is 6. The predicted octanol–water partition coefficient (Wildman–Crippen LogP) is 2.65. The Kier molecular flexibility index (Phi) is 4.73. The normalized spacial score (nSPS) is 9.71. The van der Waals surface area contributed by atoms with Gasteiger partial charge in [0, 0.05) is 6.54 Å². The van der Waals surface area contributed by atoms with Crippen LogP contribution in [0.3, 0.4) is 0 Å². The van der Waals surface area contributed by atoms with Gasteiger partial charge in [-0.15, -0.1) is 6.58 Å². The summed E-state index contributed by atoms with van der Waals surface area (Å²) in [5.74, 6) is 0. The molecule has 1 rings (SSSR count). The lowest BCUT2D eigenvalue weighted by Crippen LogP contribution is -2.17. The van der Waals surface area contributed by atoms with E-state index in [1.807, 2.05) is 18.2 Å². The average molecular weight is 187 g/mol. The molecule has 0 spiro atoms. The van der Waals surface area contributed by atoms with Gasteiger partial charge in [-0.3, -0.25) is 0 Å². The van der Waals surface area contributed by atoms with E-state index in [1.54, 1.807) is 0 Å². The van der Waals surface area contributed by atoms with Crippen molar-refractivity contribution in [3.8, 4) is 0 Å². The van der Waals surface area contributed by atoms with Gasteiger partial charge >= 0.3 is 0 Å². The van der Waals surface area contributed by atoms with E-state index in [2.05, 4.69) is 36.7 Å². The fraction of sp³-hybridized carbons (Fsp3) is 0.231. The summed E-state index contributed by atoms with van der Waals surface area (Å²) in [5, 5.41) is 3.28. The molecule has 14 heavy (non-hydrogen) atoms. The first kappa shape index (κ1) is 10.7. The van der Waals surface area contributed by atoms with Crippen LogP contribution < -0.4 is 5.32 Å². The van der Waals surface area contributed by atoms with Crippen LogP contribution in [0.25, 0.3) is 6.08 Å². The van der Waals surface area contributed by atoms with Crippen LogP contribution in [-0.4, -0.2) is 13.1 Å². The Morgan fingerprint density at radius 1 is 1.21 bits per heavy atom. The molecule has 0 aliphatic rings. The monoisotopic (exact) mass is 187 g/mol. The molecule has 0 fully saturated rings. The van der Waals surface area contributed by atoms with Gasteiger partial charge in [0.05, 0.1) is 0 Å². The molecule has 0 heterocycles. The second-order valence-electron chi connectivity index (χ2n) is 3.15. The fourth-order valence-electron chi connectivity index (χ4n) is 1.39. The lowest BCUT2D eigenvalue weighted by atomic mass is 10.0. The molecule has 0 aromatic heterocycles. The lowest BCUT2D eigenvalue weighted by Gasteiger charge is -2.05. The maximum Gasteiger partial charge on any atom is 0.0132 e. The molecule has 0 unspecified atom stereocenters. The molecule has 0 bridgehead atoms. The van der Waals surface area contributed by atoms with Crippen molar-refractivity contribution in [2.24, 2.45) is 0 Å². The molecule has 0 amide bonds. The van der Waals surface area contributed by atoms with Crippen molar-refractivity contribution in [2.45, 2.75) is 6.42 Å². The van der Waals surface area contributed by atoms with Crippen LogP contribution in [0.15, 0.2) is 43.5 Å². The Hall–Kier alpha value is -1.34. The van der Waals surface area contributed by atoms with Crippen molar-refractivity contribution >= 4 is 6.08 Å². The molecule has 0 radical (unpaired) electrons. The number of hydrogen-bond donors (Lipinski definition) is 1. The van der Waals surface area contributed by atoms with Crippen molar-refractivity contribution in [3.05, 3.63) is 54.6 Å². The van der Waals surface area contributed by atoms with Crippen molar-refractivity contribution in [1.29, 1.82) is 0 Å². The summed E-state index contributed by atoms with van der Waals surface area (Å²) in [7, 11) is 0. The largest absolute Gasteiger partial charge is 0.313 e. The van der Waals surface area contributed by atoms with Crippen molar-refractivity contribution in [2.75, 3.05) is 13.1 Å². The molecule has 74 valence electrons. The average Bonchev–Trinajstić information content (AvgIpc) is 2.25. The van der Waals surface area contributed by atoms with Gasteiger partial charge in [-0.05, 0) is 24.1 Å². The molecule has 0 aliphatic carbocycles. The zero-order chi connectivity index (χ0) is 10.2. The molecular weight excluding hydrogens is 170 g/mol. The minimum absolute atomic E-state index is 0.871. The van der Waals surface area contributed by atoms with Crippen LogP contribution in [0.2, 0.25) is 0 Å². The maximum absolute atomic E-state index is 3.80. The first-order valence-corrected chi connectivity index (χ1v) is 4.90. The first-order chi connectivity index (χ1) is 6.88. The summed E-state index contributed by atoms with van der Waals surface area (Å²) in [5.41, 5.74) is 2.58. The summed E-state index contributed by atoms with van der Waals surface area (Å²) >= 11 is 0. The van der Waals surface area contributed by atoms with Crippen molar-refractivity contribution in [3.63, 3.8) is 0 Å². The van der Waals surface area contributed by atoms with E-state index >= 15 is 0 Å². The van der Waals surface area contributed by atoms with E-state index in [0.29, 0.717) is 0 Å². The minimum Gasteiger partial charge on any atom is -0.313 e. The van der Waals surface area contributed by atoms with Gasteiger partial charge in [0.1, 0.15) is 0 Å². The quantitative estimate of drug-likeness (QED) is 0.533. The third-order valence-corrected chi connectivity index (χ3v) is 2.13. The molecule has 1 heteroatoms. The molecular formula is C13H17N. The highest BCUT2D eigenvalue weighted by Gasteiger charge is 1.96. The Morgan fingerprint density at radius 3 is 2.71 bits per heavy atom. The number of hydrogen-bond acceptors (Lipinski definition) is 1. The van der Waals surface area contributed by atoms with Crippen molar-refractivity contribution < 1.29 is 0 Å². The van der Waals surface area contributed by atoms with Gasteiger partial charge in [-0.1, -0.05) is 43.0 Å². The molecule has 1 nitrogen and oxygen atoms in total. The van der Waals surface area contributed by atoms with Gasteiger partial charge in [0.15, 0.2) is 0 Å². The first-order valence-electron chi connectivity index (χ1n) is 4.90. The molecule has 0 atom stereocenters. The summed E-state index contributed by atoms with van der Waals surface area (Å²) < 4.78 is 0. The second-order valence-corrected chi connectivity index (χ2v) is 3.15. The Labute approximate surface area is 86.2 Å². The van der Waals surface area contributed by atoms with Crippen LogP contribution >= 0.6 is 0 Å². The maximum atomic E-state index is 3.80. The van der Waals surface area contributed by atoms with Crippen LogP contribution in [0.4, 0.5) is 0 Å². The zero-order valence-electron chi connectivity index (χ0n) is 8.50. The van der Waals surface area contributed by atoms with Crippen molar-refractivity contribution in [1.82, 2.24) is 5.32 Å². The zero-order valence-corrected chi connectivity index (χ0v) is 8.50. The Morgan fingerprint density at radius 2 is 2.00 bits per heavy atom. The number of nitrogens with one attached hydrogen (secondary N) is 1. The predicted molar refractivity (Wildman–Crippen MR) is 63.3 cm³/mol. The summed E-state index contributed by atoms with van der Waals surface area (Å²) in [6.07, 6.45) is 4.82. The van der Waals surface area contributed by atoms with Crippen LogP contribution in [0.5, 0.6) is 0 Å². The van der Waals surface area contributed by atoms with Crippen LogP contribution in [-0.2, 0) is 6.42 Å². The highest BCUT2D eigenvalue weighted by molar-refractivity contribution is 5.51. The van der Waals surface area contributed by atoms with Gasteiger partial charge < -0.3 is 5.32 Å². The second kappa shape index (κ2) is 6.17. The minimum atomic E-state index is 0.871. The Balaban J connectivity index is 2.48. The fourth-order valence-corrected chi connectivity index (χ4v) is 1.39. The van der Waals surface area contributed by atoms with E-state index in [0.717, 1.165) is 19.5 Å². The molecule has 1 aromatic carbocycles. The van der Waals surface area contributed by atoms with E-state index in [9.17, 15) is 0 Å². The summed E-state index contributed by atoms with van der Waals surface area (Å²) in [6.45, 7) is 9.31. The topological polar surface area (TPSA) is 12.0 Å². The highest BCUT2D eigenvalue weighted by Crippen LogP contribution is 2.09. The third kappa shape index (κ3) is 3.19. The van der Waals surface area contributed by atoms with E-state index in [1.165, 1.54) is 11.1 Å². The van der Waals surface area contributed by atoms with Crippen LogP contribution in [0, 0.1) is 0 Å². The standard InChI is InChI=1S/C13H17N/c1-3-10-14-11-9-13-8-6-5-7-12(13)4-2/h3-8,14H,1-2,9-11H2. The van der Waals surface area contributed by atoms with E-state index in [-0.39, 0.29) is 0 Å². The van der Waals surface area contributed by atoms with E-state index in [4.69, 9.17) is 0 Å². The summed E-state index contributed by atoms with van der Waals surface area (Å²) in [6, 6.07) is 8.34. The smallest absolute Gasteiger partial charge is 0.0132 e. The van der Waals surface area contributed by atoms with Crippen LogP contribution in [0.1, 0.15) is 11.1 Å². The van der Waals surface area contributed by atoms with Gasteiger partial charge in [-0.25, -0.2) is 0 Å². The third-order valence-electron chi connectivity index (χ3n) is 2.13. The molecule has 1 N–H and O–H groups in total. The molecule has 0 aliphatic heterocycles. The molecule has 1 aromatic rings. The van der Waals surface area contributed by atoms with Gasteiger partial charge in [0.2, 0.25) is 0 Å². The SMILES string of the molecule is C=CCNCCc1ccccc1C=C. The molecule has 0 saturated heterocycles. The van der Waals surface area contributed by atoms with Gasteiger partial charge in [0.25, 0.3) is 0 Å². The number of benzene rings is 1. The summed E-state index contributed by atoms with van der Waals surface area (Å²) in [4.78, 5) is 0. The van der Waals surface area contributed by atoms with Gasteiger partial charge in [-0.2, -0.15) is 0 Å². The van der Waals surface area contributed by atoms with E-state index < -0.39 is 0 Å².